The average Bonchev–Trinajstić information content (AvgIpc) is 2.68. The summed E-state index contributed by atoms with van der Waals surface area (Å²) in [6, 6.07) is 21.4. The topological polar surface area (TPSA) is 64.6 Å². The SMILES string of the molecule is COc1ccc(S(=O)(=O)Nc2ccccc2-c2ccccc2)c(OC)c1. The second-order valence-corrected chi connectivity index (χ2v) is 7.18. The molecule has 3 rings (SSSR count). The molecule has 0 aliphatic rings. The average molecular weight is 369 g/mol. The first-order valence-corrected chi connectivity index (χ1v) is 9.43. The Morgan fingerprint density at radius 2 is 1.50 bits per heavy atom. The summed E-state index contributed by atoms with van der Waals surface area (Å²) in [7, 11) is -0.909. The van der Waals surface area contributed by atoms with E-state index in [-0.39, 0.29) is 10.6 Å². The van der Waals surface area contributed by atoms with Crippen LogP contribution in [0.2, 0.25) is 0 Å². The predicted octanol–water partition coefficient (Wildman–Crippen LogP) is 4.17. The van der Waals surface area contributed by atoms with Crippen LogP contribution in [0.25, 0.3) is 11.1 Å². The molecule has 0 saturated carbocycles. The molecule has 0 fully saturated rings. The van der Waals surface area contributed by atoms with Crippen molar-refractivity contribution in [1.29, 1.82) is 0 Å². The Bertz CT molecular complexity index is 1000. The third kappa shape index (κ3) is 3.65. The van der Waals surface area contributed by atoms with E-state index in [9.17, 15) is 8.42 Å². The fraction of sp³-hybridized carbons (Fsp3) is 0.100. The fourth-order valence-electron chi connectivity index (χ4n) is 2.64. The van der Waals surface area contributed by atoms with Crippen LogP contribution in [0, 0.1) is 0 Å². The Kier molecular flexibility index (Phi) is 5.14. The van der Waals surface area contributed by atoms with E-state index in [0.717, 1.165) is 11.1 Å². The molecule has 0 radical (unpaired) electrons. The van der Waals surface area contributed by atoms with Gasteiger partial charge in [0.2, 0.25) is 0 Å². The van der Waals surface area contributed by atoms with Crippen molar-refractivity contribution in [1.82, 2.24) is 0 Å². The highest BCUT2D eigenvalue weighted by molar-refractivity contribution is 7.92. The van der Waals surface area contributed by atoms with Crippen LogP contribution in [0.15, 0.2) is 77.7 Å². The number of sulfonamides is 1. The lowest BCUT2D eigenvalue weighted by atomic mass is 10.0. The molecule has 26 heavy (non-hydrogen) atoms. The van der Waals surface area contributed by atoms with Gasteiger partial charge >= 0.3 is 0 Å². The van der Waals surface area contributed by atoms with Crippen molar-refractivity contribution in [2.24, 2.45) is 0 Å². The lowest BCUT2D eigenvalue weighted by Gasteiger charge is -2.15. The number of methoxy groups -OCH3 is 2. The van der Waals surface area contributed by atoms with Crippen LogP contribution in [-0.2, 0) is 10.0 Å². The van der Waals surface area contributed by atoms with Gasteiger partial charge in [-0.1, -0.05) is 48.5 Å². The maximum absolute atomic E-state index is 12.9. The van der Waals surface area contributed by atoms with Gasteiger partial charge in [-0.25, -0.2) is 8.42 Å². The maximum atomic E-state index is 12.9. The van der Waals surface area contributed by atoms with E-state index in [2.05, 4.69) is 4.72 Å². The van der Waals surface area contributed by atoms with Crippen LogP contribution in [0.3, 0.4) is 0 Å². The number of benzene rings is 3. The van der Waals surface area contributed by atoms with Crippen molar-refractivity contribution < 1.29 is 17.9 Å². The van der Waals surface area contributed by atoms with Crippen LogP contribution in [0.1, 0.15) is 0 Å². The first kappa shape index (κ1) is 17.8. The number of nitrogens with one attached hydrogen (secondary N) is 1. The van der Waals surface area contributed by atoms with Crippen LogP contribution >= 0.6 is 0 Å². The number of rotatable bonds is 6. The number of hydrogen-bond acceptors (Lipinski definition) is 4. The van der Waals surface area contributed by atoms with Crippen molar-refractivity contribution in [2.45, 2.75) is 4.90 Å². The molecule has 0 amide bonds. The highest BCUT2D eigenvalue weighted by atomic mass is 32.2. The van der Waals surface area contributed by atoms with Crippen LogP contribution in [0.4, 0.5) is 5.69 Å². The quantitative estimate of drug-likeness (QED) is 0.708. The zero-order chi connectivity index (χ0) is 18.6. The second-order valence-electron chi connectivity index (χ2n) is 5.53. The van der Waals surface area contributed by atoms with Gasteiger partial charge in [0.05, 0.1) is 19.9 Å². The van der Waals surface area contributed by atoms with E-state index in [1.807, 2.05) is 42.5 Å². The van der Waals surface area contributed by atoms with Crippen LogP contribution in [0.5, 0.6) is 11.5 Å². The molecule has 0 aliphatic heterocycles. The number of ether oxygens (including phenoxy) is 2. The van der Waals surface area contributed by atoms with Crippen molar-refractivity contribution in [2.75, 3.05) is 18.9 Å². The van der Waals surface area contributed by atoms with E-state index in [4.69, 9.17) is 9.47 Å². The predicted molar refractivity (Wildman–Crippen MR) is 102 cm³/mol. The Balaban J connectivity index is 2.02. The molecule has 0 aliphatic carbocycles. The molecule has 0 saturated heterocycles. The minimum absolute atomic E-state index is 0.0451. The lowest BCUT2D eigenvalue weighted by Crippen LogP contribution is -2.14. The molecule has 0 unspecified atom stereocenters. The molecule has 5 nitrogen and oxygen atoms in total. The largest absolute Gasteiger partial charge is 0.497 e. The van der Waals surface area contributed by atoms with Gasteiger partial charge in [-0.15, -0.1) is 0 Å². The van der Waals surface area contributed by atoms with Crippen molar-refractivity contribution in [3.05, 3.63) is 72.8 Å². The summed E-state index contributed by atoms with van der Waals surface area (Å²) < 4.78 is 38.9. The number of hydrogen-bond donors (Lipinski definition) is 1. The first-order chi connectivity index (χ1) is 12.5. The van der Waals surface area contributed by atoms with Gasteiger partial charge in [0, 0.05) is 11.6 Å². The van der Waals surface area contributed by atoms with E-state index < -0.39 is 10.0 Å². The Morgan fingerprint density at radius 1 is 0.808 bits per heavy atom. The van der Waals surface area contributed by atoms with Gasteiger partial charge in [-0.2, -0.15) is 0 Å². The smallest absolute Gasteiger partial charge is 0.265 e. The standard InChI is InChI=1S/C20H19NO4S/c1-24-16-12-13-20(19(14-16)25-2)26(22,23)21-18-11-7-6-10-17(18)15-8-4-3-5-9-15/h3-14,21H,1-2H3. The van der Waals surface area contributed by atoms with E-state index in [0.29, 0.717) is 11.4 Å². The molecule has 6 heteroatoms. The summed E-state index contributed by atoms with van der Waals surface area (Å²) in [6.07, 6.45) is 0. The summed E-state index contributed by atoms with van der Waals surface area (Å²) in [5.41, 5.74) is 2.22. The molecule has 0 bridgehead atoms. The molecule has 134 valence electrons. The van der Waals surface area contributed by atoms with Gasteiger partial charge in [-0.3, -0.25) is 4.72 Å². The molecule has 3 aromatic carbocycles. The Labute approximate surface area is 153 Å². The van der Waals surface area contributed by atoms with Gasteiger partial charge in [0.1, 0.15) is 16.4 Å². The van der Waals surface area contributed by atoms with Crippen LogP contribution in [-0.4, -0.2) is 22.6 Å². The Hall–Kier alpha value is -2.99. The second kappa shape index (κ2) is 7.49. The lowest BCUT2D eigenvalue weighted by molar-refractivity contribution is 0.386. The zero-order valence-electron chi connectivity index (χ0n) is 14.5. The molecule has 0 heterocycles. The third-order valence-electron chi connectivity index (χ3n) is 3.92. The van der Waals surface area contributed by atoms with Crippen molar-refractivity contribution in [3.63, 3.8) is 0 Å². The summed E-state index contributed by atoms with van der Waals surface area (Å²) in [5, 5.41) is 0. The summed E-state index contributed by atoms with van der Waals surface area (Å²) in [5.74, 6) is 0.736. The summed E-state index contributed by atoms with van der Waals surface area (Å²) >= 11 is 0. The van der Waals surface area contributed by atoms with Gasteiger partial charge in [0.25, 0.3) is 10.0 Å². The minimum Gasteiger partial charge on any atom is -0.497 e. The van der Waals surface area contributed by atoms with Gasteiger partial charge in [0.15, 0.2) is 0 Å². The minimum atomic E-state index is -3.84. The molecular formula is C20H19NO4S. The van der Waals surface area contributed by atoms with Crippen molar-refractivity contribution >= 4 is 15.7 Å². The number of anilines is 1. The molecule has 0 aromatic heterocycles. The normalized spacial score (nSPS) is 11.0. The highest BCUT2D eigenvalue weighted by Crippen LogP contribution is 2.33. The number of para-hydroxylation sites is 1. The van der Waals surface area contributed by atoms with Gasteiger partial charge in [-0.05, 0) is 23.8 Å². The molecule has 0 spiro atoms. The van der Waals surface area contributed by atoms with E-state index >= 15 is 0 Å². The monoisotopic (exact) mass is 369 g/mol. The molecular weight excluding hydrogens is 350 g/mol. The van der Waals surface area contributed by atoms with E-state index in [1.165, 1.54) is 26.4 Å². The molecule has 0 atom stereocenters. The third-order valence-corrected chi connectivity index (χ3v) is 5.32. The van der Waals surface area contributed by atoms with Gasteiger partial charge < -0.3 is 9.47 Å². The highest BCUT2D eigenvalue weighted by Gasteiger charge is 2.21. The summed E-state index contributed by atoms with van der Waals surface area (Å²) in [4.78, 5) is 0.0451. The maximum Gasteiger partial charge on any atom is 0.265 e. The Morgan fingerprint density at radius 3 is 2.19 bits per heavy atom. The summed E-state index contributed by atoms with van der Waals surface area (Å²) in [6.45, 7) is 0. The molecule has 3 aromatic rings. The van der Waals surface area contributed by atoms with Crippen molar-refractivity contribution in [3.8, 4) is 22.6 Å². The van der Waals surface area contributed by atoms with Crippen LogP contribution < -0.4 is 14.2 Å². The zero-order valence-corrected chi connectivity index (χ0v) is 15.3. The molecule has 1 N–H and O–H groups in total. The van der Waals surface area contributed by atoms with E-state index in [1.54, 1.807) is 18.2 Å². The fourth-order valence-corrected chi connectivity index (χ4v) is 3.87. The first-order valence-electron chi connectivity index (χ1n) is 7.94.